The molecule has 314 valence electrons. The van der Waals surface area contributed by atoms with Gasteiger partial charge in [-0.3, -0.25) is 20.3 Å². The fourth-order valence-electron chi connectivity index (χ4n) is 6.99. The Morgan fingerprint density at radius 2 is 1.55 bits per heavy atom. The second-order valence-corrected chi connectivity index (χ2v) is 14.9. The van der Waals surface area contributed by atoms with Gasteiger partial charge >= 0.3 is 0 Å². The molecule has 2 aromatic rings. The van der Waals surface area contributed by atoms with Gasteiger partial charge in [-0.25, -0.2) is 9.97 Å². The van der Waals surface area contributed by atoms with Gasteiger partial charge in [-0.15, -0.1) is 0 Å². The predicted molar refractivity (Wildman–Crippen MR) is 216 cm³/mol. The summed E-state index contributed by atoms with van der Waals surface area (Å²) in [6.07, 6.45) is 5.49. The first kappa shape index (κ1) is 46.7. The summed E-state index contributed by atoms with van der Waals surface area (Å²) < 4.78 is 0. The van der Waals surface area contributed by atoms with E-state index in [4.69, 9.17) is 39.3 Å². The molecule has 1 aliphatic rings. The van der Waals surface area contributed by atoms with Crippen LogP contribution in [0.3, 0.4) is 0 Å². The van der Waals surface area contributed by atoms with E-state index in [2.05, 4.69) is 45.0 Å². The van der Waals surface area contributed by atoms with E-state index in [1.807, 2.05) is 4.90 Å². The zero-order chi connectivity index (χ0) is 41.2. The number of unbranched alkanes of at least 4 members (excludes halogenated alkanes) is 4. The summed E-state index contributed by atoms with van der Waals surface area (Å²) >= 11 is 5.85. The number of nitrogen functional groups attached to an aromatic ring is 2. The van der Waals surface area contributed by atoms with E-state index in [9.17, 15) is 30.0 Å². The van der Waals surface area contributed by atoms with Crippen LogP contribution < -0.4 is 33.2 Å². The van der Waals surface area contributed by atoms with Crippen LogP contribution in [0.15, 0.2) is 12.1 Å². The monoisotopic (exact) mass is 806 g/mol. The van der Waals surface area contributed by atoms with Gasteiger partial charge in [0.05, 0.1) is 18.8 Å². The number of primary amides is 1. The third-order valence-electron chi connectivity index (χ3n) is 10.2. The second kappa shape index (κ2) is 24.2. The molecular formula is C38H63ClN10O7. The number of guanidine groups is 1. The molecule has 0 bridgehead atoms. The predicted octanol–water partition coefficient (Wildman–Crippen LogP) is 0.145. The number of aromatic nitrogens is 2. The number of aliphatic hydroxyl groups is 5. The van der Waals surface area contributed by atoms with Crippen LogP contribution in [0, 0.1) is 5.41 Å². The lowest BCUT2D eigenvalue weighted by atomic mass is 9.82. The number of rotatable bonds is 25. The Labute approximate surface area is 334 Å². The minimum Gasteiger partial charge on any atom is -0.394 e. The van der Waals surface area contributed by atoms with Crippen LogP contribution in [0.1, 0.15) is 97.5 Å². The number of halogens is 1. The van der Waals surface area contributed by atoms with Crippen LogP contribution in [0.5, 0.6) is 0 Å². The molecule has 1 aliphatic carbocycles. The first-order valence-corrected chi connectivity index (χ1v) is 20.1. The Hall–Kier alpha value is -3.68. The van der Waals surface area contributed by atoms with E-state index in [0.29, 0.717) is 39.0 Å². The summed E-state index contributed by atoms with van der Waals surface area (Å²) in [5, 5.41) is 66.4. The van der Waals surface area contributed by atoms with Crippen LogP contribution in [0.25, 0.3) is 0 Å². The van der Waals surface area contributed by atoms with Crippen molar-refractivity contribution >= 4 is 41.0 Å². The van der Waals surface area contributed by atoms with Crippen molar-refractivity contribution in [3.63, 3.8) is 0 Å². The molecule has 1 heterocycles. The van der Waals surface area contributed by atoms with E-state index < -0.39 is 48.9 Å². The standard InChI is InChI=1S/C38H63ClN10O7/c1-2-3-4-9-18-49(21-28(51)31(53)32(54)29(52)22-50)19-10-17-44-27(36(42)55)20-24-15-14-23(25-12-5-6-13-26(24)25)11-7-8-16-45-38(43)48-37(56)30-34(40)47-35(41)33(39)46-30/h14-15,27-29,31-32,44,50-54H,2-13,16-22H2,1H3,(H2,42,55)(H4,40,41,47)(H3,43,45,48,56)/t27?,28-,29+,31+,32+/m0/s1. The molecule has 18 heteroatoms. The number of aryl methyl sites for hydroxylation is 1. The SMILES string of the molecule is CCCCCCN(CCCNC(Cc1ccc(CCCCNC(=N)NC(=O)c2nc(Cl)c(N)nc2N)c2c1CCCC2)C(N)=O)C[C@H](O)[C@@H](O)[C@H](O)[C@H](O)CO. The molecule has 5 atom stereocenters. The Kier molecular flexibility index (Phi) is 20.2. The maximum absolute atomic E-state index is 12.6. The number of hydrogen-bond donors (Lipinski definition) is 12. The number of nitrogens with zero attached hydrogens (tertiary/aromatic N) is 3. The van der Waals surface area contributed by atoms with Crippen LogP contribution in [0.4, 0.5) is 11.6 Å². The lowest BCUT2D eigenvalue weighted by molar-refractivity contribution is -0.120. The van der Waals surface area contributed by atoms with Crippen molar-refractivity contribution in [2.24, 2.45) is 5.73 Å². The minimum atomic E-state index is -1.68. The molecule has 0 saturated heterocycles. The number of aliphatic hydroxyl groups excluding tert-OH is 5. The number of amides is 2. The number of nitrogens with two attached hydrogens (primary N) is 3. The number of hydrogen-bond acceptors (Lipinski definition) is 14. The van der Waals surface area contributed by atoms with Crippen LogP contribution in [-0.4, -0.2) is 128 Å². The lowest BCUT2D eigenvalue weighted by Gasteiger charge is -2.30. The van der Waals surface area contributed by atoms with Crippen molar-refractivity contribution in [2.75, 3.05) is 50.8 Å². The molecule has 3 rings (SSSR count). The molecule has 15 N–H and O–H groups in total. The van der Waals surface area contributed by atoms with Gasteiger partial charge in [-0.2, -0.15) is 0 Å². The van der Waals surface area contributed by atoms with Gasteiger partial charge in [0.1, 0.15) is 18.3 Å². The van der Waals surface area contributed by atoms with E-state index in [0.717, 1.165) is 76.2 Å². The van der Waals surface area contributed by atoms with Crippen LogP contribution in [0.2, 0.25) is 5.15 Å². The van der Waals surface area contributed by atoms with Gasteiger partial charge in [0.15, 0.2) is 28.4 Å². The molecule has 0 spiro atoms. The van der Waals surface area contributed by atoms with Crippen molar-refractivity contribution in [3.05, 3.63) is 45.2 Å². The summed E-state index contributed by atoms with van der Waals surface area (Å²) in [6.45, 7) is 3.66. The van der Waals surface area contributed by atoms with Gasteiger partial charge < -0.3 is 58.3 Å². The number of carbonyl (C=O) groups is 2. The highest BCUT2D eigenvalue weighted by Gasteiger charge is 2.31. The van der Waals surface area contributed by atoms with Gasteiger partial charge in [0.2, 0.25) is 5.91 Å². The maximum Gasteiger partial charge on any atom is 0.280 e. The molecule has 0 fully saturated rings. The average Bonchev–Trinajstić information content (AvgIpc) is 3.17. The van der Waals surface area contributed by atoms with Crippen LogP contribution in [-0.2, 0) is 30.5 Å². The summed E-state index contributed by atoms with van der Waals surface area (Å²) in [5.41, 5.74) is 21.9. The summed E-state index contributed by atoms with van der Waals surface area (Å²) in [4.78, 5) is 34.7. The summed E-state index contributed by atoms with van der Waals surface area (Å²) in [7, 11) is 0. The third kappa shape index (κ3) is 14.7. The van der Waals surface area contributed by atoms with Gasteiger partial charge in [-0.05, 0) is 106 Å². The number of nitrogens with one attached hydrogen (secondary N) is 4. The topological polar surface area (TPSA) is 302 Å². The second-order valence-electron chi connectivity index (χ2n) is 14.5. The Bertz CT molecular complexity index is 1570. The summed E-state index contributed by atoms with van der Waals surface area (Å²) in [6, 6.07) is 3.67. The molecule has 1 unspecified atom stereocenters. The molecule has 56 heavy (non-hydrogen) atoms. The first-order chi connectivity index (χ1) is 26.8. The van der Waals surface area contributed by atoms with E-state index in [1.165, 1.54) is 16.7 Å². The smallest absolute Gasteiger partial charge is 0.280 e. The zero-order valence-corrected chi connectivity index (χ0v) is 33.2. The zero-order valence-electron chi connectivity index (χ0n) is 32.5. The Balaban J connectivity index is 1.51. The largest absolute Gasteiger partial charge is 0.394 e. The normalized spacial score (nSPS) is 15.4. The first-order valence-electron chi connectivity index (χ1n) is 19.7. The van der Waals surface area contributed by atoms with Gasteiger partial charge in [-0.1, -0.05) is 49.9 Å². The lowest BCUT2D eigenvalue weighted by Crippen LogP contribution is -2.50. The minimum absolute atomic E-state index is 0.0754. The fraction of sp³-hybridized carbons (Fsp3) is 0.658. The molecule has 1 aromatic heterocycles. The molecule has 17 nitrogen and oxygen atoms in total. The van der Waals surface area contributed by atoms with Crippen molar-refractivity contribution in [1.82, 2.24) is 30.8 Å². The Morgan fingerprint density at radius 1 is 0.893 bits per heavy atom. The van der Waals surface area contributed by atoms with Gasteiger partial charge in [0.25, 0.3) is 5.91 Å². The average molecular weight is 807 g/mol. The number of fused-ring (bicyclic) bond motifs is 1. The molecule has 2 amide bonds. The molecule has 0 aliphatic heterocycles. The highest BCUT2D eigenvalue weighted by Crippen LogP contribution is 2.30. The van der Waals surface area contributed by atoms with Crippen molar-refractivity contribution < 1.29 is 35.1 Å². The molecule has 1 aromatic carbocycles. The summed E-state index contributed by atoms with van der Waals surface area (Å²) in [5.74, 6) is -1.64. The number of carbonyl (C=O) groups excluding carboxylic acids is 2. The van der Waals surface area contributed by atoms with E-state index >= 15 is 0 Å². The maximum atomic E-state index is 12.6. The van der Waals surface area contributed by atoms with Crippen molar-refractivity contribution in [2.45, 2.75) is 121 Å². The number of benzene rings is 1. The van der Waals surface area contributed by atoms with Gasteiger partial charge in [0, 0.05) is 13.1 Å². The van der Waals surface area contributed by atoms with Crippen molar-refractivity contribution in [1.29, 1.82) is 5.41 Å². The third-order valence-corrected chi connectivity index (χ3v) is 10.4. The Morgan fingerprint density at radius 3 is 2.23 bits per heavy atom. The highest BCUT2D eigenvalue weighted by atomic mass is 35.5. The van der Waals surface area contributed by atoms with Crippen LogP contribution >= 0.6 is 11.6 Å². The molecule has 0 radical (unpaired) electrons. The molecular weight excluding hydrogens is 744 g/mol. The number of anilines is 2. The van der Waals surface area contributed by atoms with E-state index in [1.54, 1.807) is 0 Å². The quantitative estimate of drug-likeness (QED) is 0.0361. The highest BCUT2D eigenvalue weighted by molar-refractivity contribution is 6.31. The van der Waals surface area contributed by atoms with E-state index in [-0.39, 0.29) is 35.0 Å². The molecule has 0 saturated carbocycles. The van der Waals surface area contributed by atoms with Crippen molar-refractivity contribution in [3.8, 4) is 0 Å². The fourth-order valence-corrected chi connectivity index (χ4v) is 7.11.